The molecular formula is C21H23N5O2. The molecule has 144 valence electrons. The van der Waals surface area contributed by atoms with Crippen LogP contribution in [-0.4, -0.2) is 47.2 Å². The summed E-state index contributed by atoms with van der Waals surface area (Å²) in [5.41, 5.74) is 1.70. The van der Waals surface area contributed by atoms with Crippen LogP contribution in [0.15, 0.2) is 61.3 Å². The second-order valence-corrected chi connectivity index (χ2v) is 6.86. The monoisotopic (exact) mass is 377 g/mol. The van der Waals surface area contributed by atoms with Gasteiger partial charge in [0.2, 0.25) is 0 Å². The first-order valence-corrected chi connectivity index (χ1v) is 9.35. The summed E-state index contributed by atoms with van der Waals surface area (Å²) in [7, 11) is 1.69. The highest BCUT2D eigenvalue weighted by Gasteiger charge is 2.25. The summed E-state index contributed by atoms with van der Waals surface area (Å²) >= 11 is 0. The van der Waals surface area contributed by atoms with Crippen molar-refractivity contribution in [2.75, 3.05) is 31.6 Å². The summed E-state index contributed by atoms with van der Waals surface area (Å²) in [5, 5.41) is 3.06. The van der Waals surface area contributed by atoms with Gasteiger partial charge in [-0.3, -0.25) is 9.36 Å². The number of carbonyl (C=O) groups excluding carboxylic acids is 1. The summed E-state index contributed by atoms with van der Waals surface area (Å²) in [5.74, 6) is 1.88. The maximum absolute atomic E-state index is 12.6. The molecule has 1 N–H and O–H groups in total. The first kappa shape index (κ1) is 18.0. The number of methoxy groups -OCH3 is 1. The molecule has 1 aliphatic heterocycles. The van der Waals surface area contributed by atoms with E-state index >= 15 is 0 Å². The molecule has 4 rings (SSSR count). The Kier molecular flexibility index (Phi) is 5.23. The van der Waals surface area contributed by atoms with Crippen molar-refractivity contribution in [2.24, 2.45) is 5.92 Å². The SMILES string of the molecule is COc1ccccc1N1CCC(CNC(=O)c2ccnc(-n3ccnc3)c2)C1. The Bertz CT molecular complexity index is 941. The van der Waals surface area contributed by atoms with E-state index in [1.54, 1.807) is 48.7 Å². The van der Waals surface area contributed by atoms with Crippen LogP contribution in [-0.2, 0) is 0 Å². The Morgan fingerprint density at radius 1 is 1.29 bits per heavy atom. The van der Waals surface area contributed by atoms with Crippen LogP contribution in [0.3, 0.4) is 0 Å². The molecule has 0 spiro atoms. The largest absolute Gasteiger partial charge is 0.495 e. The van der Waals surface area contributed by atoms with Gasteiger partial charge in [-0.1, -0.05) is 12.1 Å². The van der Waals surface area contributed by atoms with E-state index in [0.717, 1.165) is 30.9 Å². The van der Waals surface area contributed by atoms with Crippen LogP contribution >= 0.6 is 0 Å². The molecule has 1 amide bonds. The minimum atomic E-state index is -0.0838. The smallest absolute Gasteiger partial charge is 0.251 e. The number of carbonyl (C=O) groups is 1. The van der Waals surface area contributed by atoms with Gasteiger partial charge in [0.25, 0.3) is 5.91 Å². The van der Waals surface area contributed by atoms with Gasteiger partial charge in [-0.25, -0.2) is 9.97 Å². The number of hydrogen-bond donors (Lipinski definition) is 1. The molecule has 1 fully saturated rings. The van der Waals surface area contributed by atoms with Gasteiger partial charge >= 0.3 is 0 Å². The maximum atomic E-state index is 12.6. The van der Waals surface area contributed by atoms with Crippen LogP contribution in [0.2, 0.25) is 0 Å². The Balaban J connectivity index is 1.35. The average Bonchev–Trinajstić information content (AvgIpc) is 3.44. The highest BCUT2D eigenvalue weighted by atomic mass is 16.5. The highest BCUT2D eigenvalue weighted by Crippen LogP contribution is 2.31. The number of rotatable bonds is 6. The van der Waals surface area contributed by atoms with E-state index in [4.69, 9.17) is 4.74 Å². The van der Waals surface area contributed by atoms with Crippen molar-refractivity contribution in [3.05, 3.63) is 66.9 Å². The molecule has 1 unspecified atom stereocenters. The molecule has 0 bridgehead atoms. The number of nitrogens with one attached hydrogen (secondary N) is 1. The number of ether oxygens (including phenoxy) is 1. The zero-order chi connectivity index (χ0) is 19.3. The highest BCUT2D eigenvalue weighted by molar-refractivity contribution is 5.94. The van der Waals surface area contributed by atoms with Crippen molar-refractivity contribution in [2.45, 2.75) is 6.42 Å². The van der Waals surface area contributed by atoms with Gasteiger partial charge in [-0.05, 0) is 36.6 Å². The van der Waals surface area contributed by atoms with Crippen LogP contribution in [0, 0.1) is 5.92 Å². The third-order valence-corrected chi connectivity index (χ3v) is 5.04. The lowest BCUT2D eigenvalue weighted by Crippen LogP contribution is -2.31. The predicted octanol–water partition coefficient (Wildman–Crippen LogP) is 2.53. The van der Waals surface area contributed by atoms with Crippen LogP contribution < -0.4 is 15.0 Å². The third kappa shape index (κ3) is 3.83. The van der Waals surface area contributed by atoms with E-state index in [1.165, 1.54) is 0 Å². The van der Waals surface area contributed by atoms with Crippen LogP contribution in [0.5, 0.6) is 5.75 Å². The van der Waals surface area contributed by atoms with E-state index in [2.05, 4.69) is 26.3 Å². The average molecular weight is 377 g/mol. The zero-order valence-corrected chi connectivity index (χ0v) is 15.8. The van der Waals surface area contributed by atoms with Crippen LogP contribution in [0.1, 0.15) is 16.8 Å². The fourth-order valence-corrected chi connectivity index (χ4v) is 3.54. The van der Waals surface area contributed by atoms with Gasteiger partial charge < -0.3 is 15.0 Å². The van der Waals surface area contributed by atoms with E-state index in [-0.39, 0.29) is 5.91 Å². The minimum Gasteiger partial charge on any atom is -0.495 e. The van der Waals surface area contributed by atoms with Crippen molar-refractivity contribution in [3.8, 4) is 11.6 Å². The van der Waals surface area contributed by atoms with Crippen molar-refractivity contribution in [3.63, 3.8) is 0 Å². The summed E-state index contributed by atoms with van der Waals surface area (Å²) in [6, 6.07) is 11.6. The van der Waals surface area contributed by atoms with Gasteiger partial charge in [-0.2, -0.15) is 0 Å². The van der Waals surface area contributed by atoms with Gasteiger partial charge in [0.1, 0.15) is 17.9 Å². The molecular weight excluding hydrogens is 354 g/mol. The number of imidazole rings is 1. The number of para-hydroxylation sites is 2. The molecule has 7 nitrogen and oxygen atoms in total. The first-order chi connectivity index (χ1) is 13.7. The number of aromatic nitrogens is 3. The van der Waals surface area contributed by atoms with E-state index in [0.29, 0.717) is 23.8 Å². The van der Waals surface area contributed by atoms with Gasteiger partial charge in [0, 0.05) is 43.8 Å². The topological polar surface area (TPSA) is 72.3 Å². The molecule has 1 aromatic carbocycles. The third-order valence-electron chi connectivity index (χ3n) is 5.04. The molecule has 1 atom stereocenters. The molecule has 2 aromatic heterocycles. The summed E-state index contributed by atoms with van der Waals surface area (Å²) in [6.07, 6.45) is 7.82. The lowest BCUT2D eigenvalue weighted by Gasteiger charge is -2.21. The Labute approximate surface area is 164 Å². The normalized spacial score (nSPS) is 16.2. The van der Waals surface area contributed by atoms with Gasteiger partial charge in [-0.15, -0.1) is 0 Å². The van der Waals surface area contributed by atoms with Crippen molar-refractivity contribution in [1.82, 2.24) is 19.9 Å². The second-order valence-electron chi connectivity index (χ2n) is 6.86. The number of nitrogens with zero attached hydrogens (tertiary/aromatic N) is 4. The molecule has 1 aliphatic rings. The number of amides is 1. The molecule has 28 heavy (non-hydrogen) atoms. The summed E-state index contributed by atoms with van der Waals surface area (Å²) < 4.78 is 7.24. The van der Waals surface area contributed by atoms with Gasteiger partial charge in [0.05, 0.1) is 12.8 Å². The molecule has 0 saturated carbocycles. The summed E-state index contributed by atoms with van der Waals surface area (Å²) in [6.45, 7) is 2.51. The molecule has 7 heteroatoms. The quantitative estimate of drug-likeness (QED) is 0.715. The van der Waals surface area contributed by atoms with Crippen molar-refractivity contribution >= 4 is 11.6 Å². The van der Waals surface area contributed by atoms with E-state index in [1.807, 2.05) is 18.2 Å². The molecule has 0 radical (unpaired) electrons. The zero-order valence-electron chi connectivity index (χ0n) is 15.8. The number of anilines is 1. The first-order valence-electron chi connectivity index (χ1n) is 9.35. The Morgan fingerprint density at radius 2 is 2.18 bits per heavy atom. The lowest BCUT2D eigenvalue weighted by atomic mass is 10.1. The molecule has 3 heterocycles. The molecule has 0 aliphatic carbocycles. The number of pyridine rings is 1. The van der Waals surface area contributed by atoms with Crippen molar-refractivity contribution in [1.29, 1.82) is 0 Å². The summed E-state index contributed by atoms with van der Waals surface area (Å²) in [4.78, 5) is 23.2. The molecule has 3 aromatic rings. The number of hydrogen-bond acceptors (Lipinski definition) is 5. The van der Waals surface area contributed by atoms with E-state index < -0.39 is 0 Å². The van der Waals surface area contributed by atoms with E-state index in [9.17, 15) is 4.79 Å². The van der Waals surface area contributed by atoms with Crippen molar-refractivity contribution < 1.29 is 9.53 Å². The molecule has 1 saturated heterocycles. The fraction of sp³-hybridized carbons (Fsp3) is 0.286. The number of benzene rings is 1. The van der Waals surface area contributed by atoms with Gasteiger partial charge in [0.15, 0.2) is 0 Å². The Hall–Kier alpha value is -3.35. The maximum Gasteiger partial charge on any atom is 0.251 e. The fourth-order valence-electron chi connectivity index (χ4n) is 3.54. The predicted molar refractivity (Wildman–Crippen MR) is 107 cm³/mol. The standard InChI is InChI=1S/C21H23N5O2/c1-28-19-5-3-2-4-18(19)25-10-7-16(14-25)13-24-21(27)17-6-8-23-20(12-17)26-11-9-22-15-26/h2-6,8-9,11-12,15-16H,7,10,13-14H2,1H3,(H,24,27). The lowest BCUT2D eigenvalue weighted by molar-refractivity contribution is 0.0948. The Morgan fingerprint density at radius 3 is 3.00 bits per heavy atom. The van der Waals surface area contributed by atoms with Crippen LogP contribution in [0.4, 0.5) is 5.69 Å². The van der Waals surface area contributed by atoms with Crippen LogP contribution in [0.25, 0.3) is 5.82 Å². The second kappa shape index (κ2) is 8.12. The minimum absolute atomic E-state index is 0.0838.